The van der Waals surface area contributed by atoms with E-state index >= 15 is 0 Å². The molecule has 0 aliphatic carbocycles. The second-order valence-corrected chi connectivity index (χ2v) is 8.53. The maximum atomic E-state index is 12.0. The van der Waals surface area contributed by atoms with Crippen molar-refractivity contribution in [3.8, 4) is 0 Å². The molecule has 0 aromatic carbocycles. The minimum absolute atomic E-state index is 0.00229. The number of hydrogen-bond acceptors (Lipinski definition) is 7. The minimum atomic E-state index is -3.04. The van der Waals surface area contributed by atoms with Gasteiger partial charge >= 0.3 is 0 Å². The Labute approximate surface area is 127 Å². The standard InChI is InChI=1S/C11H19N5O3S2/c1-11(3-4-21(18,19)7-11)13-9(17)6-20-10-15-14-8(5-12)16(10)2/h3-7,12H2,1-2H3,(H,13,17). The Balaban J connectivity index is 1.89. The number of nitrogens with one attached hydrogen (secondary N) is 1. The highest BCUT2D eigenvalue weighted by molar-refractivity contribution is 7.99. The summed E-state index contributed by atoms with van der Waals surface area (Å²) < 4.78 is 24.7. The van der Waals surface area contributed by atoms with Crippen LogP contribution in [-0.4, -0.2) is 51.9 Å². The molecule has 1 atom stereocenters. The highest BCUT2D eigenvalue weighted by Gasteiger charge is 2.39. The zero-order valence-corrected chi connectivity index (χ0v) is 13.6. The van der Waals surface area contributed by atoms with Gasteiger partial charge in [0.2, 0.25) is 5.91 Å². The number of rotatable bonds is 5. The molecule has 0 saturated carbocycles. The third-order valence-corrected chi connectivity index (χ3v) is 6.31. The molecule has 0 spiro atoms. The van der Waals surface area contributed by atoms with Gasteiger partial charge in [-0.2, -0.15) is 0 Å². The zero-order chi connectivity index (χ0) is 15.7. The molecule has 1 aromatic heterocycles. The maximum Gasteiger partial charge on any atom is 0.230 e. The number of hydrogen-bond donors (Lipinski definition) is 2. The predicted molar refractivity (Wildman–Crippen MR) is 79.4 cm³/mol. The quantitative estimate of drug-likeness (QED) is 0.667. The van der Waals surface area contributed by atoms with Crippen molar-refractivity contribution in [2.24, 2.45) is 12.8 Å². The Morgan fingerprint density at radius 1 is 1.52 bits per heavy atom. The Morgan fingerprint density at radius 3 is 2.76 bits per heavy atom. The van der Waals surface area contributed by atoms with Gasteiger partial charge in [-0.25, -0.2) is 8.42 Å². The molecule has 1 aliphatic rings. The number of aromatic nitrogens is 3. The van der Waals surface area contributed by atoms with Crippen LogP contribution in [0.4, 0.5) is 0 Å². The van der Waals surface area contributed by atoms with E-state index in [1.165, 1.54) is 11.8 Å². The normalized spacial score (nSPS) is 24.1. The summed E-state index contributed by atoms with van der Waals surface area (Å²) in [6.45, 7) is 2.04. The predicted octanol–water partition coefficient (Wildman–Crippen LogP) is -0.941. The van der Waals surface area contributed by atoms with Crippen molar-refractivity contribution in [3.63, 3.8) is 0 Å². The van der Waals surface area contributed by atoms with E-state index in [0.29, 0.717) is 17.4 Å². The highest BCUT2D eigenvalue weighted by Crippen LogP contribution is 2.23. The summed E-state index contributed by atoms with van der Waals surface area (Å²) in [5.74, 6) is 0.716. The molecule has 1 aromatic rings. The molecule has 10 heteroatoms. The molecular weight excluding hydrogens is 314 g/mol. The van der Waals surface area contributed by atoms with Gasteiger partial charge in [0.15, 0.2) is 15.0 Å². The molecule has 1 unspecified atom stereocenters. The highest BCUT2D eigenvalue weighted by atomic mass is 32.2. The summed E-state index contributed by atoms with van der Waals surface area (Å²) in [5.41, 5.74) is 4.83. The zero-order valence-electron chi connectivity index (χ0n) is 12.0. The van der Waals surface area contributed by atoms with Crippen LogP contribution in [0.25, 0.3) is 0 Å². The van der Waals surface area contributed by atoms with Crippen LogP contribution in [0.15, 0.2) is 5.16 Å². The van der Waals surface area contributed by atoms with Crippen molar-refractivity contribution in [3.05, 3.63) is 5.82 Å². The first-order chi connectivity index (χ1) is 9.75. The van der Waals surface area contributed by atoms with Crippen LogP contribution >= 0.6 is 11.8 Å². The Kier molecular flexibility index (Phi) is 4.59. The van der Waals surface area contributed by atoms with Crippen molar-refractivity contribution in [2.75, 3.05) is 17.3 Å². The maximum absolute atomic E-state index is 12.0. The van der Waals surface area contributed by atoms with Gasteiger partial charge in [0.1, 0.15) is 5.82 Å². The fourth-order valence-electron chi connectivity index (χ4n) is 2.26. The second-order valence-electron chi connectivity index (χ2n) is 5.40. The van der Waals surface area contributed by atoms with Crippen LogP contribution < -0.4 is 11.1 Å². The number of amides is 1. The Morgan fingerprint density at radius 2 is 2.24 bits per heavy atom. The van der Waals surface area contributed by atoms with Crippen molar-refractivity contribution >= 4 is 27.5 Å². The van der Waals surface area contributed by atoms with Gasteiger partial charge in [-0.05, 0) is 13.3 Å². The van der Waals surface area contributed by atoms with Crippen molar-refractivity contribution in [1.82, 2.24) is 20.1 Å². The van der Waals surface area contributed by atoms with Crippen LogP contribution in [0, 0.1) is 0 Å². The molecule has 2 heterocycles. The smallest absolute Gasteiger partial charge is 0.230 e. The number of nitrogens with two attached hydrogens (primary N) is 1. The summed E-state index contributed by atoms with van der Waals surface area (Å²) in [6, 6.07) is 0. The van der Waals surface area contributed by atoms with Gasteiger partial charge < -0.3 is 15.6 Å². The van der Waals surface area contributed by atoms with Gasteiger partial charge in [0.05, 0.1) is 29.3 Å². The van der Waals surface area contributed by atoms with Gasteiger partial charge in [-0.15, -0.1) is 10.2 Å². The molecule has 0 radical (unpaired) electrons. The third-order valence-electron chi connectivity index (χ3n) is 3.38. The van der Waals surface area contributed by atoms with Gasteiger partial charge in [0, 0.05) is 7.05 Å². The van der Waals surface area contributed by atoms with E-state index < -0.39 is 15.4 Å². The van der Waals surface area contributed by atoms with E-state index in [-0.39, 0.29) is 29.7 Å². The number of thioether (sulfide) groups is 1. The summed E-state index contributed by atoms with van der Waals surface area (Å²) in [6.07, 6.45) is 0.451. The SMILES string of the molecule is Cn1c(CN)nnc1SCC(=O)NC1(C)CCS(=O)(=O)C1. The molecule has 8 nitrogen and oxygen atoms in total. The van der Waals surface area contributed by atoms with Gasteiger partial charge in [0.25, 0.3) is 0 Å². The first-order valence-electron chi connectivity index (χ1n) is 6.47. The minimum Gasteiger partial charge on any atom is -0.349 e. The number of nitrogens with zero attached hydrogens (tertiary/aromatic N) is 3. The van der Waals surface area contributed by atoms with Crippen LogP contribution in [-0.2, 0) is 28.2 Å². The Bertz CT molecular complexity index is 642. The molecule has 3 N–H and O–H groups in total. The summed E-state index contributed by atoms with van der Waals surface area (Å²) in [5, 5.41) is 11.3. The number of carbonyl (C=O) groups is 1. The number of carbonyl (C=O) groups excluding carboxylic acids is 1. The topological polar surface area (TPSA) is 120 Å². The molecular formula is C11H19N5O3S2. The van der Waals surface area contributed by atoms with E-state index in [4.69, 9.17) is 5.73 Å². The summed E-state index contributed by atoms with van der Waals surface area (Å²) in [7, 11) is -1.25. The molecule has 1 fully saturated rings. The molecule has 118 valence electrons. The lowest BCUT2D eigenvalue weighted by Crippen LogP contribution is -2.47. The molecule has 1 amide bonds. The van der Waals surface area contributed by atoms with Gasteiger partial charge in [-0.1, -0.05) is 11.8 Å². The molecule has 21 heavy (non-hydrogen) atoms. The second kappa shape index (κ2) is 5.93. The van der Waals surface area contributed by atoms with Crippen LogP contribution in [0.5, 0.6) is 0 Å². The lowest BCUT2D eigenvalue weighted by Gasteiger charge is -2.23. The van der Waals surface area contributed by atoms with Crippen LogP contribution in [0.1, 0.15) is 19.2 Å². The van der Waals surface area contributed by atoms with E-state index in [0.717, 1.165) is 0 Å². The lowest BCUT2D eigenvalue weighted by atomic mass is 10.0. The first kappa shape index (κ1) is 16.2. The fraction of sp³-hybridized carbons (Fsp3) is 0.727. The molecule has 2 rings (SSSR count). The summed E-state index contributed by atoms with van der Waals surface area (Å²) in [4.78, 5) is 12.0. The monoisotopic (exact) mass is 333 g/mol. The van der Waals surface area contributed by atoms with E-state index in [1.54, 1.807) is 18.5 Å². The summed E-state index contributed by atoms with van der Waals surface area (Å²) >= 11 is 1.25. The average Bonchev–Trinajstić information content (AvgIpc) is 2.87. The molecule has 1 aliphatic heterocycles. The number of sulfone groups is 1. The fourth-order valence-corrected chi connectivity index (χ4v) is 5.08. The Hall–Kier alpha value is -1.13. The van der Waals surface area contributed by atoms with Crippen molar-refractivity contribution < 1.29 is 13.2 Å². The van der Waals surface area contributed by atoms with Crippen LogP contribution in [0.2, 0.25) is 0 Å². The van der Waals surface area contributed by atoms with Crippen molar-refractivity contribution in [2.45, 2.75) is 30.6 Å². The lowest BCUT2D eigenvalue weighted by molar-refractivity contribution is -0.120. The van der Waals surface area contributed by atoms with Crippen molar-refractivity contribution in [1.29, 1.82) is 0 Å². The van der Waals surface area contributed by atoms with E-state index in [9.17, 15) is 13.2 Å². The third kappa shape index (κ3) is 3.95. The average molecular weight is 333 g/mol. The van der Waals surface area contributed by atoms with E-state index in [1.807, 2.05) is 0 Å². The van der Waals surface area contributed by atoms with Gasteiger partial charge in [-0.3, -0.25) is 4.79 Å². The van der Waals surface area contributed by atoms with Crippen LogP contribution in [0.3, 0.4) is 0 Å². The largest absolute Gasteiger partial charge is 0.349 e. The molecule has 1 saturated heterocycles. The first-order valence-corrected chi connectivity index (χ1v) is 9.28. The van der Waals surface area contributed by atoms with E-state index in [2.05, 4.69) is 15.5 Å². The molecule has 0 bridgehead atoms.